The molecule has 0 saturated heterocycles. The van der Waals surface area contributed by atoms with Crippen molar-refractivity contribution in [3.63, 3.8) is 0 Å². The van der Waals surface area contributed by atoms with Gasteiger partial charge in [0.1, 0.15) is 31.8 Å². The topological polar surface area (TPSA) is 105 Å². The van der Waals surface area contributed by atoms with Crippen LogP contribution in [0.3, 0.4) is 0 Å². The Morgan fingerprint density at radius 1 is 0.485 bits per heavy atom. The van der Waals surface area contributed by atoms with Crippen LogP contribution in [-0.4, -0.2) is 73.3 Å². The Hall–Kier alpha value is 0.680. The molecule has 0 aromatic rings. The number of ether oxygens (including phenoxy) is 4. The van der Waals surface area contributed by atoms with Crippen molar-refractivity contribution in [1.82, 2.24) is 0 Å². The highest BCUT2D eigenvalue weighted by Gasteiger charge is 2.38. The van der Waals surface area contributed by atoms with Crippen molar-refractivity contribution < 1.29 is 38.1 Å². The van der Waals surface area contributed by atoms with Crippen molar-refractivity contribution >= 4 is 114 Å². The van der Waals surface area contributed by atoms with Gasteiger partial charge >= 0.3 is 23.9 Å². The van der Waals surface area contributed by atoms with Crippen LogP contribution >= 0.6 is 89.8 Å². The van der Waals surface area contributed by atoms with E-state index in [1.165, 1.54) is 43.2 Å². The van der Waals surface area contributed by atoms with E-state index < -0.39 is 29.3 Å². The molecule has 0 N–H and O–H groups in total. The van der Waals surface area contributed by atoms with Gasteiger partial charge in [0.2, 0.25) is 0 Å². The number of hydrogen-bond acceptors (Lipinski definition) is 16. The van der Waals surface area contributed by atoms with E-state index in [0.717, 1.165) is 0 Å². The lowest BCUT2D eigenvalue weighted by atomic mass is 9.92. The van der Waals surface area contributed by atoms with Crippen LogP contribution in [0.15, 0.2) is 0 Å². The Morgan fingerprint density at radius 2 is 0.697 bits per heavy atom. The van der Waals surface area contributed by atoms with Crippen molar-refractivity contribution in [3.8, 4) is 0 Å². The molecule has 0 aromatic heterocycles. The van der Waals surface area contributed by atoms with Gasteiger partial charge in [-0.05, 0) is 0 Å². The summed E-state index contributed by atoms with van der Waals surface area (Å²) in [5, 5.41) is 0. The van der Waals surface area contributed by atoms with Gasteiger partial charge in [-0.1, -0.05) is 43.2 Å². The molecule has 0 spiro atoms. The minimum Gasteiger partial charge on any atom is -0.465 e. The summed E-state index contributed by atoms with van der Waals surface area (Å²) in [6.07, 6.45) is 0.449. The van der Waals surface area contributed by atoms with E-state index in [-0.39, 0.29) is 52.1 Å². The molecule has 33 heavy (non-hydrogen) atoms. The predicted molar refractivity (Wildman–Crippen MR) is 151 cm³/mol. The molecule has 192 valence electrons. The smallest absolute Gasteiger partial charge is 0.306 e. The first kappa shape index (κ1) is 33.7. The van der Waals surface area contributed by atoms with Crippen molar-refractivity contribution in [3.05, 3.63) is 0 Å². The lowest BCUT2D eigenvalue weighted by molar-refractivity contribution is -0.170. The fourth-order valence-electron chi connectivity index (χ4n) is 1.99. The summed E-state index contributed by atoms with van der Waals surface area (Å²) in [6, 6.07) is 0. The minimum atomic E-state index is -1.26. The van der Waals surface area contributed by atoms with Crippen molar-refractivity contribution in [2.75, 3.05) is 49.4 Å². The second-order valence-corrected chi connectivity index (χ2v) is 12.2. The molecule has 0 aromatic carbocycles. The second kappa shape index (κ2) is 21.9. The molecule has 0 heterocycles. The van der Waals surface area contributed by atoms with Gasteiger partial charge in [-0.15, -0.1) is 46.6 Å². The standard InChI is InChI=1S/C17H28O8S8/c18-13(1-5-30-26)22-9-17(10-23-14(19)2-6-31-27,11-24-15(20)3-7-32-28)12-25-16(21)4-8-33-29/h26-29H,1-12H2. The summed E-state index contributed by atoms with van der Waals surface area (Å²) in [5.41, 5.74) is -1.26. The van der Waals surface area contributed by atoms with Crippen LogP contribution in [0.4, 0.5) is 0 Å². The number of carbonyl (C=O) groups is 4. The molecular formula is C17H28O8S8. The minimum absolute atomic E-state index is 0.112. The van der Waals surface area contributed by atoms with E-state index in [2.05, 4.69) is 46.6 Å². The molecule has 0 atom stereocenters. The molecule has 0 aliphatic heterocycles. The van der Waals surface area contributed by atoms with E-state index in [9.17, 15) is 19.2 Å². The Labute approximate surface area is 230 Å². The summed E-state index contributed by atoms with van der Waals surface area (Å²) in [6.45, 7) is -1.11. The van der Waals surface area contributed by atoms with E-state index in [1.807, 2.05) is 0 Å². The number of carbonyl (C=O) groups excluding carboxylic acids is 4. The fourth-order valence-corrected chi connectivity index (χ4v) is 4.12. The van der Waals surface area contributed by atoms with Crippen LogP contribution in [0.1, 0.15) is 25.7 Å². The zero-order chi connectivity index (χ0) is 25.0. The molecule has 0 unspecified atom stereocenters. The van der Waals surface area contributed by atoms with Crippen molar-refractivity contribution in [2.45, 2.75) is 25.7 Å². The van der Waals surface area contributed by atoms with Crippen LogP contribution in [-0.2, 0) is 38.1 Å². The summed E-state index contributed by atoms with van der Waals surface area (Å²) in [4.78, 5) is 48.2. The summed E-state index contributed by atoms with van der Waals surface area (Å²) in [7, 11) is 4.76. The molecular weight excluding hydrogens is 589 g/mol. The number of esters is 4. The van der Waals surface area contributed by atoms with Gasteiger partial charge in [-0.3, -0.25) is 19.2 Å². The third-order valence-electron chi connectivity index (χ3n) is 3.75. The number of thiol groups is 4. The first-order valence-electron chi connectivity index (χ1n) is 9.50. The third kappa shape index (κ3) is 18.6. The lowest BCUT2D eigenvalue weighted by Gasteiger charge is -2.31. The summed E-state index contributed by atoms with van der Waals surface area (Å²) in [5.74, 6) is -0.251. The van der Waals surface area contributed by atoms with Gasteiger partial charge in [0, 0.05) is 23.0 Å². The molecule has 0 bridgehead atoms. The molecule has 0 fully saturated rings. The van der Waals surface area contributed by atoms with Gasteiger partial charge < -0.3 is 18.9 Å². The molecule has 0 saturated carbocycles. The molecule has 0 radical (unpaired) electrons. The average Bonchev–Trinajstić information content (AvgIpc) is 2.82. The van der Waals surface area contributed by atoms with Crippen LogP contribution in [0.25, 0.3) is 0 Å². The Bertz CT molecular complexity index is 494. The molecule has 0 aliphatic rings. The number of hydrogen-bond donors (Lipinski definition) is 4. The highest BCUT2D eigenvalue weighted by atomic mass is 33.1. The SMILES string of the molecule is O=C(CCSS)OCC(COC(=O)CCSS)(COC(=O)CCSS)COC(=O)CCSS. The van der Waals surface area contributed by atoms with Crippen molar-refractivity contribution in [2.24, 2.45) is 5.41 Å². The van der Waals surface area contributed by atoms with E-state index in [0.29, 0.717) is 23.0 Å². The fraction of sp³-hybridized carbons (Fsp3) is 0.765. The molecule has 0 amide bonds. The highest BCUT2D eigenvalue weighted by molar-refractivity contribution is 8.69. The monoisotopic (exact) mass is 616 g/mol. The maximum Gasteiger partial charge on any atom is 0.306 e. The zero-order valence-corrected chi connectivity index (χ0v) is 24.5. The Kier molecular flexibility index (Phi) is 22.4. The van der Waals surface area contributed by atoms with Crippen LogP contribution in [0, 0.1) is 5.41 Å². The molecule has 8 nitrogen and oxygen atoms in total. The summed E-state index contributed by atoms with van der Waals surface area (Å²) < 4.78 is 21.4. The van der Waals surface area contributed by atoms with Gasteiger partial charge in [-0.2, -0.15) is 0 Å². The Morgan fingerprint density at radius 3 is 0.879 bits per heavy atom. The van der Waals surface area contributed by atoms with Crippen LogP contribution < -0.4 is 0 Å². The van der Waals surface area contributed by atoms with Gasteiger partial charge in [0.15, 0.2) is 0 Å². The van der Waals surface area contributed by atoms with E-state index in [1.54, 1.807) is 0 Å². The van der Waals surface area contributed by atoms with Gasteiger partial charge in [0.05, 0.1) is 25.7 Å². The predicted octanol–water partition coefficient (Wildman–Crippen LogP) is 4.02. The lowest BCUT2D eigenvalue weighted by Crippen LogP contribution is -2.44. The summed E-state index contributed by atoms with van der Waals surface area (Å²) >= 11 is 15.9. The Balaban J connectivity index is 5.42. The third-order valence-corrected chi connectivity index (χ3v) is 7.48. The maximum atomic E-state index is 12.1. The average molecular weight is 617 g/mol. The molecule has 0 aliphatic carbocycles. The largest absolute Gasteiger partial charge is 0.465 e. The zero-order valence-electron chi connectivity index (χ0n) is 17.7. The quantitative estimate of drug-likeness (QED) is 0.0687. The van der Waals surface area contributed by atoms with Crippen LogP contribution in [0.2, 0.25) is 0 Å². The van der Waals surface area contributed by atoms with Crippen LogP contribution in [0.5, 0.6) is 0 Å². The van der Waals surface area contributed by atoms with Gasteiger partial charge in [-0.25, -0.2) is 0 Å². The second-order valence-electron chi connectivity index (χ2n) is 6.48. The van der Waals surface area contributed by atoms with Gasteiger partial charge in [0.25, 0.3) is 0 Å². The maximum absolute atomic E-state index is 12.1. The van der Waals surface area contributed by atoms with Crippen molar-refractivity contribution in [1.29, 1.82) is 0 Å². The number of rotatable bonds is 20. The first-order valence-corrected chi connectivity index (χ1v) is 17.7. The normalized spacial score (nSPS) is 11.0. The van der Waals surface area contributed by atoms with E-state index in [4.69, 9.17) is 18.9 Å². The molecule has 16 heteroatoms. The highest BCUT2D eigenvalue weighted by Crippen LogP contribution is 2.23. The molecule has 0 rings (SSSR count). The first-order chi connectivity index (χ1) is 15.8. The van der Waals surface area contributed by atoms with E-state index >= 15 is 0 Å².